The van der Waals surface area contributed by atoms with E-state index in [0.29, 0.717) is 17.4 Å². The molecule has 1 aliphatic heterocycles. The molecule has 1 saturated heterocycles. The minimum absolute atomic E-state index is 0.0547. The van der Waals surface area contributed by atoms with Gasteiger partial charge in [-0.2, -0.15) is 5.26 Å². The molecule has 0 unspecified atom stereocenters. The monoisotopic (exact) mass is 218 g/mol. The average Bonchev–Trinajstić information content (AvgIpc) is 3.09. The van der Waals surface area contributed by atoms with Gasteiger partial charge in [-0.05, 0) is 37.5 Å². The second-order valence-electron chi connectivity index (χ2n) is 5.03. The summed E-state index contributed by atoms with van der Waals surface area (Å²) in [5.74, 6) is 1.00. The summed E-state index contributed by atoms with van der Waals surface area (Å²) in [6.07, 6.45) is 6.39. The Labute approximate surface area is 96.7 Å². The average molecular weight is 218 g/mol. The molecule has 3 nitrogen and oxygen atoms in total. The number of carbonyl (C=O) groups is 1. The van der Waals surface area contributed by atoms with Gasteiger partial charge in [-0.3, -0.25) is 4.79 Å². The smallest absolute Gasteiger partial charge is 0.264 e. The molecule has 0 aromatic carbocycles. The van der Waals surface area contributed by atoms with Crippen molar-refractivity contribution in [2.45, 2.75) is 32.6 Å². The highest BCUT2D eigenvalue weighted by atomic mass is 16.2. The first-order valence-electron chi connectivity index (χ1n) is 6.12. The highest BCUT2D eigenvalue weighted by Crippen LogP contribution is 2.31. The summed E-state index contributed by atoms with van der Waals surface area (Å²) in [5.41, 5.74) is 0.358. The van der Waals surface area contributed by atoms with E-state index in [1.807, 2.05) is 11.0 Å². The van der Waals surface area contributed by atoms with Crippen LogP contribution < -0.4 is 0 Å². The molecule has 3 heteroatoms. The molecular formula is C13H18N2O. The van der Waals surface area contributed by atoms with Gasteiger partial charge in [0.1, 0.15) is 11.6 Å². The second kappa shape index (κ2) is 4.69. The molecule has 16 heavy (non-hydrogen) atoms. The van der Waals surface area contributed by atoms with E-state index in [-0.39, 0.29) is 5.91 Å². The third kappa shape index (κ3) is 2.63. The Morgan fingerprint density at radius 3 is 2.75 bits per heavy atom. The molecule has 0 aromatic heterocycles. The Hall–Kier alpha value is -1.30. The summed E-state index contributed by atoms with van der Waals surface area (Å²) < 4.78 is 0. The van der Waals surface area contributed by atoms with Crippen LogP contribution in [0.25, 0.3) is 0 Å². The van der Waals surface area contributed by atoms with Crippen molar-refractivity contribution in [3.8, 4) is 6.07 Å². The first-order chi connectivity index (χ1) is 7.70. The number of allylic oxidation sites excluding steroid dienone is 1. The molecule has 0 bridgehead atoms. The highest BCUT2D eigenvalue weighted by Gasteiger charge is 2.26. The lowest BCUT2D eigenvalue weighted by molar-refractivity contribution is -0.128. The van der Waals surface area contributed by atoms with Crippen LogP contribution in [-0.2, 0) is 4.79 Å². The van der Waals surface area contributed by atoms with Gasteiger partial charge in [0.15, 0.2) is 0 Å². The number of hydrogen-bond acceptors (Lipinski definition) is 2. The SMILES string of the molecule is C[C@@H]1CCCN(C(=O)/C(C#N)=C/C2CC2)C1. The van der Waals surface area contributed by atoms with Gasteiger partial charge in [-0.1, -0.05) is 13.0 Å². The second-order valence-corrected chi connectivity index (χ2v) is 5.03. The Bertz CT molecular complexity index is 349. The van der Waals surface area contributed by atoms with Gasteiger partial charge in [0.2, 0.25) is 0 Å². The molecule has 0 spiro atoms. The first kappa shape index (κ1) is 11.2. The first-order valence-corrected chi connectivity index (χ1v) is 6.12. The van der Waals surface area contributed by atoms with Crippen LogP contribution in [-0.4, -0.2) is 23.9 Å². The molecular weight excluding hydrogens is 200 g/mol. The maximum absolute atomic E-state index is 12.1. The van der Waals surface area contributed by atoms with Crippen LogP contribution in [0.4, 0.5) is 0 Å². The fourth-order valence-corrected chi connectivity index (χ4v) is 2.20. The summed E-state index contributed by atoms with van der Waals surface area (Å²) in [6.45, 7) is 3.78. The van der Waals surface area contributed by atoms with E-state index >= 15 is 0 Å². The molecule has 0 N–H and O–H groups in total. The fourth-order valence-electron chi connectivity index (χ4n) is 2.20. The molecule has 1 heterocycles. The zero-order valence-corrected chi connectivity index (χ0v) is 9.78. The topological polar surface area (TPSA) is 44.1 Å². The Kier molecular flexibility index (Phi) is 3.28. The summed E-state index contributed by atoms with van der Waals surface area (Å²) in [7, 11) is 0. The predicted molar refractivity (Wildman–Crippen MR) is 61.4 cm³/mol. The van der Waals surface area contributed by atoms with Crippen LogP contribution in [0.1, 0.15) is 32.6 Å². The van der Waals surface area contributed by atoms with E-state index in [9.17, 15) is 4.79 Å². The highest BCUT2D eigenvalue weighted by molar-refractivity contribution is 5.97. The number of likely N-dealkylation sites (tertiary alicyclic amines) is 1. The molecule has 86 valence electrons. The van der Waals surface area contributed by atoms with Gasteiger partial charge in [0, 0.05) is 13.1 Å². The van der Waals surface area contributed by atoms with Crippen LogP contribution >= 0.6 is 0 Å². The van der Waals surface area contributed by atoms with Crippen molar-refractivity contribution in [2.75, 3.05) is 13.1 Å². The lowest BCUT2D eigenvalue weighted by Gasteiger charge is -2.30. The Morgan fingerprint density at radius 1 is 1.44 bits per heavy atom. The van der Waals surface area contributed by atoms with Crippen LogP contribution in [0.15, 0.2) is 11.6 Å². The van der Waals surface area contributed by atoms with E-state index in [2.05, 4.69) is 13.0 Å². The number of hydrogen-bond donors (Lipinski definition) is 0. The maximum Gasteiger partial charge on any atom is 0.264 e. The number of rotatable bonds is 2. The van der Waals surface area contributed by atoms with Crippen molar-refractivity contribution in [1.29, 1.82) is 5.26 Å². The maximum atomic E-state index is 12.1. The van der Waals surface area contributed by atoms with Crippen molar-refractivity contribution in [3.63, 3.8) is 0 Å². The van der Waals surface area contributed by atoms with Gasteiger partial charge in [0.25, 0.3) is 5.91 Å². The van der Waals surface area contributed by atoms with Crippen LogP contribution in [0.2, 0.25) is 0 Å². The molecule has 1 atom stereocenters. The van der Waals surface area contributed by atoms with E-state index < -0.39 is 0 Å². The molecule has 1 amide bonds. The Morgan fingerprint density at radius 2 is 2.19 bits per heavy atom. The molecule has 2 rings (SSSR count). The van der Waals surface area contributed by atoms with Crippen LogP contribution in [0, 0.1) is 23.2 Å². The quantitative estimate of drug-likeness (QED) is 0.526. The zero-order chi connectivity index (χ0) is 11.5. The van der Waals surface area contributed by atoms with Crippen molar-refractivity contribution in [1.82, 2.24) is 4.90 Å². The number of nitrogens with zero attached hydrogens (tertiary/aromatic N) is 2. The summed E-state index contributed by atoms with van der Waals surface area (Å²) in [6, 6.07) is 2.06. The number of amides is 1. The molecule has 2 fully saturated rings. The minimum atomic E-state index is -0.0547. The van der Waals surface area contributed by atoms with Gasteiger partial charge >= 0.3 is 0 Å². The summed E-state index contributed by atoms with van der Waals surface area (Å²) >= 11 is 0. The van der Waals surface area contributed by atoms with Gasteiger partial charge in [-0.15, -0.1) is 0 Å². The van der Waals surface area contributed by atoms with E-state index in [0.717, 1.165) is 32.4 Å². The third-order valence-corrected chi connectivity index (χ3v) is 3.32. The third-order valence-electron chi connectivity index (χ3n) is 3.32. The number of piperidine rings is 1. The molecule has 2 aliphatic rings. The number of carbonyl (C=O) groups excluding carboxylic acids is 1. The largest absolute Gasteiger partial charge is 0.338 e. The van der Waals surface area contributed by atoms with Crippen molar-refractivity contribution in [2.24, 2.45) is 11.8 Å². The summed E-state index contributed by atoms with van der Waals surface area (Å²) in [5, 5.41) is 9.00. The van der Waals surface area contributed by atoms with Gasteiger partial charge in [0.05, 0.1) is 0 Å². The predicted octanol–water partition coefficient (Wildman–Crippen LogP) is 2.10. The van der Waals surface area contributed by atoms with Crippen molar-refractivity contribution < 1.29 is 4.79 Å². The molecule has 1 aliphatic carbocycles. The van der Waals surface area contributed by atoms with E-state index in [1.54, 1.807) is 0 Å². The van der Waals surface area contributed by atoms with Crippen LogP contribution in [0.5, 0.6) is 0 Å². The normalized spacial score (nSPS) is 26.4. The van der Waals surface area contributed by atoms with Gasteiger partial charge < -0.3 is 4.90 Å². The summed E-state index contributed by atoms with van der Waals surface area (Å²) in [4.78, 5) is 13.9. The van der Waals surface area contributed by atoms with Crippen molar-refractivity contribution in [3.05, 3.63) is 11.6 Å². The van der Waals surface area contributed by atoms with Crippen molar-refractivity contribution >= 4 is 5.91 Å². The van der Waals surface area contributed by atoms with E-state index in [4.69, 9.17) is 5.26 Å². The fraction of sp³-hybridized carbons (Fsp3) is 0.692. The molecule has 0 aromatic rings. The van der Waals surface area contributed by atoms with E-state index in [1.165, 1.54) is 6.42 Å². The Balaban J connectivity index is 2.02. The molecule has 0 radical (unpaired) electrons. The lowest BCUT2D eigenvalue weighted by Crippen LogP contribution is -2.39. The standard InChI is InChI=1S/C13H18N2O/c1-10-3-2-6-15(9-10)13(16)12(8-14)7-11-4-5-11/h7,10-11H,2-6,9H2,1H3/b12-7+/t10-/m1/s1. The number of nitriles is 1. The lowest BCUT2D eigenvalue weighted by atomic mass is 9.99. The zero-order valence-electron chi connectivity index (χ0n) is 9.78. The minimum Gasteiger partial charge on any atom is -0.338 e. The molecule has 1 saturated carbocycles. The van der Waals surface area contributed by atoms with Crippen LogP contribution in [0.3, 0.4) is 0 Å². The van der Waals surface area contributed by atoms with Gasteiger partial charge in [-0.25, -0.2) is 0 Å².